The van der Waals surface area contributed by atoms with E-state index in [4.69, 9.17) is 5.73 Å². The van der Waals surface area contributed by atoms with Crippen LogP contribution in [0.3, 0.4) is 0 Å². The van der Waals surface area contributed by atoms with Gasteiger partial charge in [-0.1, -0.05) is 0 Å². The van der Waals surface area contributed by atoms with E-state index in [1.54, 1.807) is 0 Å². The van der Waals surface area contributed by atoms with Crippen molar-refractivity contribution in [3.8, 4) is 0 Å². The molecule has 0 aliphatic rings. The number of carbonyl (C=O) groups excluding carboxylic acids is 1. The number of amides is 1. The molecule has 0 radical (unpaired) electrons. The van der Waals surface area contributed by atoms with Crippen molar-refractivity contribution in [2.24, 2.45) is 5.73 Å². The third kappa shape index (κ3) is 7.62. The summed E-state index contributed by atoms with van der Waals surface area (Å²) in [5.41, 5.74) is 4.77. The van der Waals surface area contributed by atoms with Gasteiger partial charge in [-0.3, -0.25) is 0 Å². The van der Waals surface area contributed by atoms with Crippen molar-refractivity contribution in [3.05, 3.63) is 0 Å². The molecule has 62 valence electrons. The molecule has 0 aromatic rings. The van der Waals surface area contributed by atoms with E-state index in [1.165, 1.54) is 0 Å². The van der Waals surface area contributed by atoms with Gasteiger partial charge in [-0.05, 0) is 18.8 Å². The lowest BCUT2D eigenvalue weighted by atomic mass is 10.8. The molecular weight excluding hydrogens is 150 g/mol. The summed E-state index contributed by atoms with van der Waals surface area (Å²) in [7, 11) is -0.553. The Kier molecular flexibility index (Phi) is 3.57. The highest BCUT2D eigenvalue weighted by Gasteiger charge is 2.03. The number of hydrogen-bond acceptors (Lipinski definition) is 2. The van der Waals surface area contributed by atoms with E-state index in [-0.39, 0.29) is 0 Å². The molecule has 0 aromatic carbocycles. The van der Waals surface area contributed by atoms with E-state index in [1.807, 2.05) is 0 Å². The minimum Gasteiger partial charge on any atom is -0.449 e. The minimum atomic E-state index is -0.677. The van der Waals surface area contributed by atoms with Crippen molar-refractivity contribution in [1.29, 1.82) is 0 Å². The van der Waals surface area contributed by atoms with Gasteiger partial charge in [-0.15, -0.1) is 0 Å². The lowest BCUT2D eigenvalue weighted by Crippen LogP contribution is -2.17. The van der Waals surface area contributed by atoms with Gasteiger partial charge in [-0.2, -0.15) is 0 Å². The normalized spacial score (nSPS) is 12.7. The molecule has 3 nitrogen and oxygen atoms in total. The second kappa shape index (κ2) is 3.71. The molecule has 0 saturated carbocycles. The van der Waals surface area contributed by atoms with Crippen LogP contribution in [-0.4, -0.2) is 37.2 Å². The molecule has 0 aromatic heterocycles. The van der Waals surface area contributed by atoms with Gasteiger partial charge in [0.15, 0.2) is 0 Å². The van der Waals surface area contributed by atoms with E-state index in [0.717, 1.165) is 5.75 Å². The van der Waals surface area contributed by atoms with Crippen LogP contribution >= 0.6 is 10.0 Å². The van der Waals surface area contributed by atoms with E-state index in [9.17, 15) is 4.79 Å². The molecule has 0 heterocycles. The average molecular weight is 165 g/mol. The van der Waals surface area contributed by atoms with Crippen LogP contribution in [0.5, 0.6) is 0 Å². The van der Waals surface area contributed by atoms with Gasteiger partial charge in [0.25, 0.3) is 0 Å². The van der Waals surface area contributed by atoms with Crippen LogP contribution in [0.15, 0.2) is 0 Å². The van der Waals surface area contributed by atoms with Gasteiger partial charge < -0.3 is 10.5 Å². The van der Waals surface area contributed by atoms with Gasteiger partial charge >= 0.3 is 6.09 Å². The van der Waals surface area contributed by atoms with Crippen LogP contribution in [0, 0.1) is 0 Å². The molecule has 4 heteroatoms. The summed E-state index contributed by atoms with van der Waals surface area (Å²) in [5, 5.41) is 0. The molecule has 2 N–H and O–H groups in total. The number of rotatable bonds is 3. The number of primary amides is 1. The smallest absolute Gasteiger partial charge is 0.404 e. The van der Waals surface area contributed by atoms with Crippen LogP contribution in [0.2, 0.25) is 0 Å². The summed E-state index contributed by atoms with van der Waals surface area (Å²) in [6.45, 7) is 0.453. The second-order valence-corrected chi connectivity index (χ2v) is 7.55. The highest BCUT2D eigenvalue weighted by Crippen LogP contribution is 2.33. The number of ether oxygens (including phenoxy) is 1. The van der Waals surface area contributed by atoms with Gasteiger partial charge in [0.1, 0.15) is 6.61 Å². The van der Waals surface area contributed by atoms with E-state index in [2.05, 4.69) is 23.5 Å². The van der Waals surface area contributed by atoms with Crippen LogP contribution in [-0.2, 0) is 4.74 Å². The van der Waals surface area contributed by atoms with Gasteiger partial charge in [0.05, 0.1) is 0 Å². The Morgan fingerprint density at radius 3 is 2.30 bits per heavy atom. The van der Waals surface area contributed by atoms with Crippen LogP contribution in [0.1, 0.15) is 0 Å². The predicted octanol–water partition coefficient (Wildman–Crippen LogP) is 0.776. The first-order chi connectivity index (χ1) is 4.42. The van der Waals surface area contributed by atoms with E-state index in [0.29, 0.717) is 6.61 Å². The summed E-state index contributed by atoms with van der Waals surface area (Å²) in [6.07, 6.45) is 5.81. The molecule has 0 spiro atoms. The van der Waals surface area contributed by atoms with Crippen molar-refractivity contribution in [2.75, 3.05) is 31.1 Å². The maximum Gasteiger partial charge on any atom is 0.404 e. The zero-order chi connectivity index (χ0) is 8.20. The summed E-state index contributed by atoms with van der Waals surface area (Å²) in [6, 6.07) is 0. The highest BCUT2D eigenvalue weighted by atomic mass is 32.3. The van der Waals surface area contributed by atoms with Crippen molar-refractivity contribution in [3.63, 3.8) is 0 Å². The van der Waals surface area contributed by atoms with Crippen LogP contribution in [0.25, 0.3) is 0 Å². The predicted molar refractivity (Wildman–Crippen MR) is 45.8 cm³/mol. The zero-order valence-corrected chi connectivity index (χ0v) is 7.53. The first-order valence-electron chi connectivity index (χ1n) is 3.00. The third-order valence-electron chi connectivity index (χ3n) is 0.940. The molecule has 0 fully saturated rings. The topological polar surface area (TPSA) is 52.3 Å². The average Bonchev–Trinajstić information content (AvgIpc) is 1.59. The van der Waals surface area contributed by atoms with Crippen molar-refractivity contribution in [2.45, 2.75) is 0 Å². The standard InChI is InChI=1S/C6H15NO2S/c1-10(2,3)5-4-9-6(7)8/h4-5H2,1-3H3,(H2,7,8). The van der Waals surface area contributed by atoms with Crippen molar-refractivity contribution >= 4 is 16.1 Å². The Labute approximate surface area is 63.2 Å². The molecule has 0 saturated heterocycles. The molecule has 1 amide bonds. The van der Waals surface area contributed by atoms with Gasteiger partial charge in [-0.25, -0.2) is 14.8 Å². The lowest BCUT2D eigenvalue weighted by molar-refractivity contribution is 0.164. The Balaban J connectivity index is 3.29. The fourth-order valence-electron chi connectivity index (χ4n) is 0.392. The summed E-state index contributed by atoms with van der Waals surface area (Å²) >= 11 is 0. The van der Waals surface area contributed by atoms with Crippen molar-refractivity contribution < 1.29 is 9.53 Å². The van der Waals surface area contributed by atoms with Crippen LogP contribution in [0.4, 0.5) is 4.79 Å². The van der Waals surface area contributed by atoms with E-state index < -0.39 is 16.1 Å². The Morgan fingerprint density at radius 2 is 2.00 bits per heavy atom. The molecular formula is C6H15NO2S. The Hall–Kier alpha value is -0.380. The van der Waals surface area contributed by atoms with Crippen LogP contribution < -0.4 is 5.73 Å². The maximum atomic E-state index is 10.1. The number of carbonyl (C=O) groups is 1. The maximum absolute atomic E-state index is 10.1. The molecule has 10 heavy (non-hydrogen) atoms. The molecule has 0 aliphatic heterocycles. The highest BCUT2D eigenvalue weighted by molar-refractivity contribution is 8.32. The SMILES string of the molecule is CS(C)(C)CCOC(N)=O. The Morgan fingerprint density at radius 1 is 1.50 bits per heavy atom. The fraction of sp³-hybridized carbons (Fsp3) is 0.833. The number of nitrogens with two attached hydrogens (primary N) is 1. The molecule has 0 atom stereocenters. The molecule has 0 bridgehead atoms. The van der Waals surface area contributed by atoms with E-state index >= 15 is 0 Å². The second-order valence-electron chi connectivity index (χ2n) is 2.96. The molecule has 0 aliphatic carbocycles. The Bertz CT molecular complexity index is 119. The lowest BCUT2D eigenvalue weighted by Gasteiger charge is -2.23. The number of hydrogen-bond donors (Lipinski definition) is 1. The summed E-state index contributed by atoms with van der Waals surface area (Å²) < 4.78 is 4.58. The molecule has 0 unspecified atom stereocenters. The van der Waals surface area contributed by atoms with Crippen molar-refractivity contribution in [1.82, 2.24) is 0 Å². The first kappa shape index (κ1) is 9.62. The first-order valence-corrected chi connectivity index (χ1v) is 6.03. The summed E-state index contributed by atoms with van der Waals surface area (Å²) in [5.74, 6) is 0.927. The largest absolute Gasteiger partial charge is 0.449 e. The monoisotopic (exact) mass is 165 g/mol. The van der Waals surface area contributed by atoms with Gasteiger partial charge in [0.2, 0.25) is 0 Å². The fourth-order valence-corrected chi connectivity index (χ4v) is 0.976. The quantitative estimate of drug-likeness (QED) is 0.671. The summed E-state index contributed by atoms with van der Waals surface area (Å²) in [4.78, 5) is 10.1. The van der Waals surface area contributed by atoms with Gasteiger partial charge in [0, 0.05) is 5.75 Å². The zero-order valence-electron chi connectivity index (χ0n) is 6.72. The minimum absolute atomic E-state index is 0.453. The molecule has 0 rings (SSSR count). The third-order valence-corrected chi connectivity index (χ3v) is 2.33.